The highest BCUT2D eigenvalue weighted by atomic mass is 19.2. The summed E-state index contributed by atoms with van der Waals surface area (Å²) in [4.78, 5) is 17.5. The molecular weight excluding hydrogens is 377 g/mol. The van der Waals surface area contributed by atoms with Gasteiger partial charge in [-0.15, -0.1) is 0 Å². The molecule has 1 aromatic heterocycles. The van der Waals surface area contributed by atoms with Crippen LogP contribution in [0.3, 0.4) is 0 Å². The van der Waals surface area contributed by atoms with Crippen LogP contribution in [0.4, 0.5) is 18.9 Å². The zero-order valence-corrected chi connectivity index (χ0v) is 15.3. The lowest BCUT2D eigenvalue weighted by molar-refractivity contribution is 0.102. The van der Waals surface area contributed by atoms with Gasteiger partial charge < -0.3 is 5.32 Å². The average molecular weight is 392 g/mol. The third-order valence-electron chi connectivity index (χ3n) is 4.59. The quantitative estimate of drug-likeness (QED) is 0.443. The number of nitrogens with zero attached hydrogens (tertiary/aromatic N) is 1. The highest BCUT2D eigenvalue weighted by Crippen LogP contribution is 2.27. The van der Waals surface area contributed by atoms with E-state index in [0.29, 0.717) is 16.6 Å². The van der Waals surface area contributed by atoms with E-state index < -0.39 is 29.0 Å². The van der Waals surface area contributed by atoms with Gasteiger partial charge in [0.15, 0.2) is 17.5 Å². The lowest BCUT2D eigenvalue weighted by Gasteiger charge is -2.12. The second-order valence-corrected chi connectivity index (χ2v) is 6.62. The first-order valence-corrected chi connectivity index (χ1v) is 8.86. The van der Waals surface area contributed by atoms with Gasteiger partial charge in [-0.3, -0.25) is 4.79 Å². The molecule has 3 aromatic carbocycles. The first-order valence-electron chi connectivity index (χ1n) is 8.86. The molecule has 0 saturated heterocycles. The lowest BCUT2D eigenvalue weighted by atomic mass is 10.0. The molecule has 1 N–H and O–H groups in total. The highest BCUT2D eigenvalue weighted by Gasteiger charge is 2.18. The third kappa shape index (κ3) is 3.57. The Balaban J connectivity index is 1.81. The maximum Gasteiger partial charge on any atom is 0.256 e. The monoisotopic (exact) mass is 392 g/mol. The Bertz CT molecular complexity index is 1240. The summed E-state index contributed by atoms with van der Waals surface area (Å²) in [7, 11) is 0. The molecule has 0 radical (unpaired) electrons. The molecule has 0 saturated carbocycles. The molecule has 0 bridgehead atoms. The van der Waals surface area contributed by atoms with Crippen LogP contribution in [0.2, 0.25) is 0 Å². The number of benzene rings is 3. The third-order valence-corrected chi connectivity index (χ3v) is 4.59. The summed E-state index contributed by atoms with van der Waals surface area (Å²) in [6.07, 6.45) is 0. The van der Waals surface area contributed by atoms with Gasteiger partial charge in [-0.05, 0) is 31.2 Å². The first-order chi connectivity index (χ1) is 13.9. The number of aryl methyl sites for hydroxylation is 1. The van der Waals surface area contributed by atoms with E-state index in [2.05, 4.69) is 10.3 Å². The van der Waals surface area contributed by atoms with Crippen molar-refractivity contribution in [1.82, 2.24) is 4.98 Å². The summed E-state index contributed by atoms with van der Waals surface area (Å²) in [6.45, 7) is 1.97. The summed E-state index contributed by atoms with van der Waals surface area (Å²) in [5.41, 5.74) is 2.86. The lowest BCUT2D eigenvalue weighted by Crippen LogP contribution is -2.15. The second-order valence-electron chi connectivity index (χ2n) is 6.62. The zero-order chi connectivity index (χ0) is 20.5. The van der Waals surface area contributed by atoms with Gasteiger partial charge >= 0.3 is 0 Å². The van der Waals surface area contributed by atoms with Crippen molar-refractivity contribution in [2.24, 2.45) is 0 Å². The van der Waals surface area contributed by atoms with Gasteiger partial charge in [0.1, 0.15) is 0 Å². The van der Waals surface area contributed by atoms with Crippen LogP contribution >= 0.6 is 0 Å². The van der Waals surface area contributed by atoms with Gasteiger partial charge in [0, 0.05) is 10.9 Å². The number of carbonyl (C=O) groups is 1. The molecule has 0 aliphatic rings. The van der Waals surface area contributed by atoms with Crippen LogP contribution in [0.25, 0.3) is 22.2 Å². The normalized spacial score (nSPS) is 10.9. The molecular formula is C23H15F3N2O. The van der Waals surface area contributed by atoms with Crippen molar-refractivity contribution >= 4 is 22.5 Å². The Kier molecular flexibility index (Phi) is 4.76. The van der Waals surface area contributed by atoms with Crippen LogP contribution in [-0.4, -0.2) is 10.9 Å². The molecule has 3 nitrogen and oxygen atoms in total. The van der Waals surface area contributed by atoms with Crippen molar-refractivity contribution in [2.75, 3.05) is 5.32 Å². The molecule has 0 aliphatic carbocycles. The van der Waals surface area contributed by atoms with Crippen molar-refractivity contribution < 1.29 is 18.0 Å². The van der Waals surface area contributed by atoms with Crippen molar-refractivity contribution in [1.29, 1.82) is 0 Å². The number of hydrogen-bond donors (Lipinski definition) is 1. The molecule has 0 unspecified atom stereocenters. The Labute approximate surface area is 164 Å². The molecule has 0 spiro atoms. The van der Waals surface area contributed by atoms with E-state index in [1.807, 2.05) is 31.2 Å². The average Bonchev–Trinajstić information content (AvgIpc) is 2.74. The van der Waals surface area contributed by atoms with E-state index in [-0.39, 0.29) is 5.56 Å². The number of para-hydroxylation sites is 1. The number of rotatable bonds is 3. The molecule has 0 aliphatic heterocycles. The Hall–Kier alpha value is -3.67. The van der Waals surface area contributed by atoms with Gasteiger partial charge in [0.25, 0.3) is 5.91 Å². The van der Waals surface area contributed by atoms with Crippen LogP contribution in [0.5, 0.6) is 0 Å². The number of carbonyl (C=O) groups excluding carboxylic acids is 1. The minimum Gasteiger partial charge on any atom is -0.319 e. The maximum atomic E-state index is 14.0. The number of amides is 1. The van der Waals surface area contributed by atoms with Crippen molar-refractivity contribution in [3.8, 4) is 11.3 Å². The molecule has 0 fully saturated rings. The minimum atomic E-state index is -1.64. The molecule has 0 atom stereocenters. The number of nitrogens with one attached hydrogen (secondary N) is 1. The van der Waals surface area contributed by atoms with E-state index in [1.165, 1.54) is 0 Å². The van der Waals surface area contributed by atoms with Crippen LogP contribution in [0.15, 0.2) is 66.7 Å². The smallest absolute Gasteiger partial charge is 0.256 e. The van der Waals surface area contributed by atoms with Crippen LogP contribution < -0.4 is 5.32 Å². The Morgan fingerprint density at radius 1 is 0.897 bits per heavy atom. The van der Waals surface area contributed by atoms with Gasteiger partial charge in [-0.1, -0.05) is 48.0 Å². The van der Waals surface area contributed by atoms with Gasteiger partial charge in [-0.2, -0.15) is 0 Å². The Morgan fingerprint density at radius 2 is 1.62 bits per heavy atom. The summed E-state index contributed by atoms with van der Waals surface area (Å²) in [6, 6.07) is 18.0. The number of pyridine rings is 1. The van der Waals surface area contributed by atoms with Crippen LogP contribution in [-0.2, 0) is 0 Å². The molecule has 4 rings (SSSR count). The van der Waals surface area contributed by atoms with E-state index >= 15 is 0 Å². The molecule has 4 aromatic rings. The first kappa shape index (κ1) is 18.7. The molecule has 144 valence electrons. The topological polar surface area (TPSA) is 42.0 Å². The molecule has 1 amide bonds. The van der Waals surface area contributed by atoms with E-state index in [1.54, 1.807) is 30.3 Å². The SMILES string of the molecule is Cc1ccc(-c2cc(C(=O)Nc3ccc(F)c(F)c3F)c3ccccc3n2)cc1. The van der Waals surface area contributed by atoms with Crippen molar-refractivity contribution in [3.05, 3.63) is 95.3 Å². The fourth-order valence-corrected chi connectivity index (χ4v) is 3.05. The van der Waals surface area contributed by atoms with E-state index in [9.17, 15) is 18.0 Å². The fraction of sp³-hybridized carbons (Fsp3) is 0.0435. The standard InChI is InChI=1S/C23H15F3N2O/c1-13-6-8-14(9-7-13)20-12-16(15-4-2-3-5-18(15)27-20)23(29)28-19-11-10-17(24)21(25)22(19)26/h2-12H,1H3,(H,28,29). The summed E-state index contributed by atoms with van der Waals surface area (Å²) < 4.78 is 40.7. The summed E-state index contributed by atoms with van der Waals surface area (Å²) in [5.74, 6) is -5.06. The maximum absolute atomic E-state index is 14.0. The Morgan fingerprint density at radius 3 is 2.38 bits per heavy atom. The van der Waals surface area contributed by atoms with Gasteiger partial charge in [-0.25, -0.2) is 18.2 Å². The molecule has 29 heavy (non-hydrogen) atoms. The predicted octanol–water partition coefficient (Wildman–Crippen LogP) is 5.88. The van der Waals surface area contributed by atoms with Gasteiger partial charge in [0.2, 0.25) is 0 Å². The largest absolute Gasteiger partial charge is 0.319 e. The predicted molar refractivity (Wildman–Crippen MR) is 106 cm³/mol. The van der Waals surface area contributed by atoms with E-state index in [0.717, 1.165) is 23.3 Å². The highest BCUT2D eigenvalue weighted by molar-refractivity contribution is 6.13. The second kappa shape index (κ2) is 7.39. The zero-order valence-electron chi connectivity index (χ0n) is 15.3. The van der Waals surface area contributed by atoms with E-state index in [4.69, 9.17) is 0 Å². The van der Waals surface area contributed by atoms with Crippen molar-refractivity contribution in [2.45, 2.75) is 6.92 Å². The number of halogens is 3. The number of fused-ring (bicyclic) bond motifs is 1. The van der Waals surface area contributed by atoms with Crippen LogP contribution in [0, 0.1) is 24.4 Å². The molecule has 1 heterocycles. The minimum absolute atomic E-state index is 0.246. The van der Waals surface area contributed by atoms with Crippen LogP contribution in [0.1, 0.15) is 15.9 Å². The number of hydrogen-bond acceptors (Lipinski definition) is 2. The molecule has 6 heteroatoms. The van der Waals surface area contributed by atoms with Gasteiger partial charge in [0.05, 0.1) is 22.5 Å². The summed E-state index contributed by atoms with van der Waals surface area (Å²) in [5, 5.41) is 2.89. The number of anilines is 1. The van der Waals surface area contributed by atoms with Crippen molar-refractivity contribution in [3.63, 3.8) is 0 Å². The number of aromatic nitrogens is 1. The fourth-order valence-electron chi connectivity index (χ4n) is 3.05. The summed E-state index contributed by atoms with van der Waals surface area (Å²) >= 11 is 0.